The summed E-state index contributed by atoms with van der Waals surface area (Å²) in [6, 6.07) is 9.52. The number of ketones is 2. The zero-order valence-corrected chi connectivity index (χ0v) is 41.1. The van der Waals surface area contributed by atoms with Gasteiger partial charge in [0.2, 0.25) is 47.0 Å². The first kappa shape index (κ1) is 57.2. The molecule has 2 fully saturated rings. The van der Waals surface area contributed by atoms with Gasteiger partial charge < -0.3 is 131 Å². The third-order valence-corrected chi connectivity index (χ3v) is 15.2. The number of nitrogens with zero attached hydrogens (tertiary/aromatic N) is 2. The van der Waals surface area contributed by atoms with Crippen molar-refractivity contribution in [1.82, 2.24) is 9.80 Å². The molecule has 2 heterocycles. The van der Waals surface area contributed by atoms with Crippen LogP contribution in [0.4, 0.5) is 0 Å². The lowest BCUT2D eigenvalue weighted by molar-refractivity contribution is -0.629. The molecule has 30 nitrogen and oxygen atoms in total. The highest BCUT2D eigenvalue weighted by Crippen LogP contribution is 2.62. The molecule has 0 spiro atoms. The summed E-state index contributed by atoms with van der Waals surface area (Å²) in [7, 11) is 2.96. The van der Waals surface area contributed by atoms with Gasteiger partial charge >= 0.3 is 0 Å². The van der Waals surface area contributed by atoms with Gasteiger partial charge in [-0.3, -0.25) is 14.5 Å². The Hall–Kier alpha value is -6.98. The molecule has 0 aromatic heterocycles. The number of phenolic OH excluding ortho intramolecular Hbond substituents is 8. The van der Waals surface area contributed by atoms with Gasteiger partial charge in [0.25, 0.3) is 29.3 Å². The Bertz CT molecular complexity index is 3000. The number of piperidine rings is 2. The maximum Gasteiger partial charge on any atom is 0.294 e. The molecule has 426 valence electrons. The fourth-order valence-electron chi connectivity index (χ4n) is 11.0. The van der Waals surface area contributed by atoms with Gasteiger partial charge in [0.15, 0.2) is 57.5 Å². The van der Waals surface area contributed by atoms with Gasteiger partial charge in [0.1, 0.15) is 5.56 Å². The number of methoxy groups -OCH3 is 3. The minimum atomic E-state index is -5.37. The van der Waals surface area contributed by atoms with E-state index < -0.39 is 198 Å². The zero-order valence-electron chi connectivity index (χ0n) is 41.1. The molecule has 0 amide bonds. The molecule has 0 saturated carbocycles. The highest BCUT2D eigenvalue weighted by atomic mass is 16.7. The van der Waals surface area contributed by atoms with Crippen molar-refractivity contribution in [2.75, 3.05) is 41.2 Å². The summed E-state index contributed by atoms with van der Waals surface area (Å²) < 4.78 is 25.6. The fraction of sp³-hybridized carbons (Fsp3) is 0.458. The second kappa shape index (κ2) is 19.1. The summed E-state index contributed by atoms with van der Waals surface area (Å²) in [5.74, 6) is -52.3. The summed E-state index contributed by atoms with van der Waals surface area (Å²) in [4.78, 5) is 27.9. The Morgan fingerprint density at radius 1 is 0.564 bits per heavy atom. The number of hydrogen-bond donors (Lipinski definition) is 21. The molecule has 0 radical (unpaired) electrons. The molecule has 0 bridgehead atoms. The van der Waals surface area contributed by atoms with E-state index >= 15 is 0 Å². The van der Waals surface area contributed by atoms with E-state index in [0.717, 1.165) is 26.9 Å². The number of benzene rings is 4. The Morgan fingerprint density at radius 2 is 1.01 bits per heavy atom. The van der Waals surface area contributed by atoms with Gasteiger partial charge in [-0.2, -0.15) is 0 Å². The van der Waals surface area contributed by atoms with Crippen molar-refractivity contribution >= 4 is 11.6 Å². The molecule has 4 aromatic rings. The number of hydrogen-bond acceptors (Lipinski definition) is 30. The van der Waals surface area contributed by atoms with Crippen LogP contribution < -0.4 is 23.7 Å². The molecule has 30 heteroatoms. The second-order valence-corrected chi connectivity index (χ2v) is 19.4. The first-order chi connectivity index (χ1) is 36.2. The van der Waals surface area contributed by atoms with Crippen LogP contribution in [0.1, 0.15) is 62.2 Å². The highest BCUT2D eigenvalue weighted by Gasteiger charge is 2.87. The average Bonchev–Trinajstić information content (AvgIpc) is 3.70. The molecule has 21 N–H and O–H groups in total. The van der Waals surface area contributed by atoms with E-state index in [1.54, 1.807) is 0 Å². The van der Waals surface area contributed by atoms with E-state index in [-0.39, 0.29) is 18.4 Å². The smallest absolute Gasteiger partial charge is 0.294 e. The van der Waals surface area contributed by atoms with Crippen LogP contribution in [0.3, 0.4) is 0 Å². The maximum atomic E-state index is 13.9. The lowest BCUT2D eigenvalue weighted by Crippen LogP contribution is -2.95. The van der Waals surface area contributed by atoms with Crippen molar-refractivity contribution in [2.24, 2.45) is 17.8 Å². The number of Topliss-reactive ketones (excluding diaryl/α,β-unsaturated/α-hetero) is 2. The summed E-state index contributed by atoms with van der Waals surface area (Å²) in [5, 5.41) is 236. The van der Waals surface area contributed by atoms with Crippen molar-refractivity contribution in [2.45, 2.75) is 79.3 Å². The van der Waals surface area contributed by atoms with E-state index in [1.165, 1.54) is 0 Å². The van der Waals surface area contributed by atoms with E-state index in [1.807, 2.05) is 30.3 Å². The number of carbonyl (C=O) groups is 2. The number of phenols is 8. The summed E-state index contributed by atoms with van der Waals surface area (Å²) in [6.07, 6.45) is -2.84. The predicted octanol–water partition coefficient (Wildman–Crippen LogP) is -4.05. The number of aliphatic hydroxyl groups is 13. The monoisotopic (exact) mass is 1110 g/mol. The van der Waals surface area contributed by atoms with Crippen molar-refractivity contribution in [3.05, 3.63) is 63.7 Å². The zero-order chi connectivity index (χ0) is 57.9. The van der Waals surface area contributed by atoms with E-state index in [9.17, 15) is 117 Å². The number of carbonyl (C=O) groups excluding carboxylic acids is 2. The first-order valence-corrected chi connectivity index (χ1v) is 23.3. The van der Waals surface area contributed by atoms with E-state index in [2.05, 4.69) is 4.90 Å². The van der Waals surface area contributed by atoms with Crippen LogP contribution in [-0.4, -0.2) is 205 Å². The molecule has 4 aromatic carbocycles. The molecular weight excluding hydrogens is 1050 g/mol. The van der Waals surface area contributed by atoms with Gasteiger partial charge in [-0.1, -0.05) is 30.3 Å². The number of aromatic hydroxyl groups is 8. The number of ether oxygens (including phenoxy) is 5. The third-order valence-electron chi connectivity index (χ3n) is 15.2. The third kappa shape index (κ3) is 7.98. The molecule has 2 atom stereocenters. The lowest BCUT2D eigenvalue weighted by Gasteiger charge is -2.64. The van der Waals surface area contributed by atoms with E-state index in [0.29, 0.717) is 19.6 Å². The molecule has 8 rings (SSSR count). The summed E-state index contributed by atoms with van der Waals surface area (Å²) in [5.41, 5.74) is -8.19. The van der Waals surface area contributed by atoms with Gasteiger partial charge in [-0.05, 0) is 50.8 Å². The maximum absolute atomic E-state index is 13.9. The van der Waals surface area contributed by atoms with Gasteiger partial charge in [0, 0.05) is 29.5 Å². The largest absolute Gasteiger partial charge is 0.504 e. The number of rotatable bonds is 15. The van der Waals surface area contributed by atoms with Crippen molar-refractivity contribution in [3.8, 4) is 74.7 Å². The Labute approximate surface area is 437 Å². The molecule has 2 unspecified atom stereocenters. The van der Waals surface area contributed by atoms with Gasteiger partial charge in [0.05, 0.1) is 38.4 Å². The van der Waals surface area contributed by atoms with Crippen LogP contribution in [-0.2, 0) is 25.3 Å². The van der Waals surface area contributed by atoms with Crippen molar-refractivity contribution < 1.29 is 141 Å². The molecule has 78 heavy (non-hydrogen) atoms. The topological polar surface area (TPSA) is 512 Å². The van der Waals surface area contributed by atoms with Crippen LogP contribution in [0.25, 0.3) is 0 Å². The molecule has 2 aliphatic carbocycles. The normalized spacial score (nSPS) is 21.7. The van der Waals surface area contributed by atoms with Crippen molar-refractivity contribution in [3.63, 3.8) is 0 Å². The molecule has 2 aliphatic heterocycles. The second-order valence-electron chi connectivity index (χ2n) is 19.4. The van der Waals surface area contributed by atoms with Crippen LogP contribution >= 0.6 is 0 Å². The summed E-state index contributed by atoms with van der Waals surface area (Å²) in [6.45, 7) is 0.0409. The number of fused-ring (bicyclic) bond motifs is 2. The van der Waals surface area contributed by atoms with Crippen molar-refractivity contribution in [1.29, 1.82) is 0 Å². The van der Waals surface area contributed by atoms with Crippen LogP contribution in [0.15, 0.2) is 30.3 Å². The van der Waals surface area contributed by atoms with Crippen LogP contribution in [0, 0.1) is 17.8 Å². The average molecular weight is 1110 g/mol. The van der Waals surface area contributed by atoms with Gasteiger partial charge in [-0.25, -0.2) is 0 Å². The predicted molar refractivity (Wildman–Crippen MR) is 249 cm³/mol. The SMILES string of the molecule is COc1c(O)c2c(c(O)c1OC)C(=O)C(CC1(O)C(O)(O)C(O)(O)N(C(O)(O)c3c(O)c(O)c(OCOc4c(O)c5c(c(O)c4OC)CC(C(O)(O)C4CCN(Cc6ccccc6)CC4)C5=O)c(O)c3O)C(O)(O)C1(O)O)C2. The lowest BCUT2D eigenvalue weighted by atomic mass is 9.69. The number of likely N-dealkylation sites (tertiary alicyclic amines) is 2. The Kier molecular flexibility index (Phi) is 14.0. The molecular formula is C48H56N2O28. The van der Waals surface area contributed by atoms with Gasteiger partial charge in [-0.15, -0.1) is 4.90 Å². The standard InChI is InChI=1S/C48H56N2O28/c1-74-38-28(52)21-13-19(27(51)24(21)31(55)40(38)76-3)15-42(61)45(66,67)47(70,71)50(48(72,73)46(42,68)69)44(64,65)26-33(57)35(59)37(36(60)34(26)58)77-17-78-41-32(56)25-22(29(53)39(41)75-2)14-23(30(25)54)43(62,63)20-9-11-49(12-10-20)16-18-7-5-4-6-8-18/h4-8,19-20,23,52-53,55-73H,9-17H2,1-3H3. The minimum absolute atomic E-state index is 0.251. The molecule has 4 aliphatic rings. The minimum Gasteiger partial charge on any atom is -0.504 e. The Morgan fingerprint density at radius 3 is 1.53 bits per heavy atom. The molecule has 2 saturated heterocycles. The van der Waals surface area contributed by atoms with Crippen LogP contribution in [0.5, 0.6) is 74.7 Å². The van der Waals surface area contributed by atoms with Crippen LogP contribution in [0.2, 0.25) is 0 Å². The Balaban J connectivity index is 1.04. The first-order valence-electron chi connectivity index (χ1n) is 23.3. The summed E-state index contributed by atoms with van der Waals surface area (Å²) >= 11 is 0. The van der Waals surface area contributed by atoms with E-state index in [4.69, 9.17) is 23.7 Å². The quantitative estimate of drug-likeness (QED) is 0.0306. The highest BCUT2D eigenvalue weighted by molar-refractivity contribution is 6.08. The fourth-order valence-corrected chi connectivity index (χ4v) is 11.0.